The molecule has 0 N–H and O–H groups in total. The lowest BCUT2D eigenvalue weighted by Crippen LogP contribution is -2.43. The van der Waals surface area contributed by atoms with Crippen LogP contribution in [-0.2, 0) is 0 Å². The fourth-order valence-corrected chi connectivity index (χ4v) is 3.10. The van der Waals surface area contributed by atoms with Gasteiger partial charge in [0, 0.05) is 31.2 Å². The van der Waals surface area contributed by atoms with E-state index in [1.54, 1.807) is 0 Å². The quantitative estimate of drug-likeness (QED) is 0.811. The summed E-state index contributed by atoms with van der Waals surface area (Å²) in [5.74, 6) is 1.70. The molecule has 18 heavy (non-hydrogen) atoms. The van der Waals surface area contributed by atoms with Crippen LogP contribution in [0.3, 0.4) is 0 Å². The highest BCUT2D eigenvalue weighted by molar-refractivity contribution is 9.10. The van der Waals surface area contributed by atoms with Crippen LogP contribution in [0.15, 0.2) is 23.2 Å². The second-order valence-corrected chi connectivity index (χ2v) is 5.91. The van der Waals surface area contributed by atoms with Gasteiger partial charge in [0.15, 0.2) is 11.5 Å². The van der Waals surface area contributed by atoms with Crippen LogP contribution in [-0.4, -0.2) is 27.0 Å². The van der Waals surface area contributed by atoms with Gasteiger partial charge >= 0.3 is 0 Å². The van der Waals surface area contributed by atoms with Gasteiger partial charge in [-0.15, -0.1) is 0 Å². The molecular formula is C13H17BrN4. The van der Waals surface area contributed by atoms with Crippen molar-refractivity contribution in [1.82, 2.24) is 14.4 Å². The molecule has 1 saturated heterocycles. The van der Waals surface area contributed by atoms with Crippen molar-refractivity contribution >= 4 is 27.4 Å². The Bertz CT molecular complexity index is 565. The number of halogens is 1. The zero-order valence-electron chi connectivity index (χ0n) is 10.7. The standard InChI is InChI=1S/C13H17BrN4/c1-9-4-3-6-18(10(9)2)13-12-15-5-7-17(12)8-11(14)16-13/h5,7-10H,3-4,6H2,1-2H3. The lowest BCUT2D eigenvalue weighted by molar-refractivity contribution is 0.362. The monoisotopic (exact) mass is 308 g/mol. The van der Waals surface area contributed by atoms with Crippen molar-refractivity contribution < 1.29 is 0 Å². The number of piperidine rings is 1. The van der Waals surface area contributed by atoms with Crippen molar-refractivity contribution in [2.24, 2.45) is 5.92 Å². The maximum atomic E-state index is 4.64. The molecule has 2 unspecified atom stereocenters. The average molecular weight is 309 g/mol. The lowest BCUT2D eigenvalue weighted by atomic mass is 9.92. The highest BCUT2D eigenvalue weighted by Gasteiger charge is 2.27. The molecule has 2 aromatic rings. The Morgan fingerprint density at radius 3 is 3.06 bits per heavy atom. The number of aromatic nitrogens is 3. The minimum Gasteiger partial charge on any atom is -0.351 e. The van der Waals surface area contributed by atoms with Gasteiger partial charge in [0.05, 0.1) is 0 Å². The van der Waals surface area contributed by atoms with E-state index in [2.05, 4.69) is 44.6 Å². The molecule has 2 aromatic heterocycles. The Hall–Kier alpha value is -1.10. The van der Waals surface area contributed by atoms with Gasteiger partial charge in [-0.25, -0.2) is 9.97 Å². The lowest BCUT2D eigenvalue weighted by Gasteiger charge is -2.38. The third kappa shape index (κ3) is 1.90. The summed E-state index contributed by atoms with van der Waals surface area (Å²) in [4.78, 5) is 11.5. The van der Waals surface area contributed by atoms with E-state index in [9.17, 15) is 0 Å². The van der Waals surface area contributed by atoms with Gasteiger partial charge in [0.25, 0.3) is 0 Å². The van der Waals surface area contributed by atoms with Crippen molar-refractivity contribution in [2.45, 2.75) is 32.7 Å². The summed E-state index contributed by atoms with van der Waals surface area (Å²) in [6.45, 7) is 5.67. The number of fused-ring (bicyclic) bond motifs is 1. The molecule has 0 amide bonds. The maximum Gasteiger partial charge on any atom is 0.180 e. The Morgan fingerprint density at radius 1 is 1.39 bits per heavy atom. The van der Waals surface area contributed by atoms with E-state index < -0.39 is 0 Å². The first kappa shape index (κ1) is 12.0. The zero-order valence-corrected chi connectivity index (χ0v) is 12.3. The van der Waals surface area contributed by atoms with E-state index in [4.69, 9.17) is 0 Å². The molecule has 0 radical (unpaired) electrons. The summed E-state index contributed by atoms with van der Waals surface area (Å²) in [6, 6.07) is 0.515. The predicted molar refractivity (Wildman–Crippen MR) is 75.9 cm³/mol. The Kier molecular flexibility index (Phi) is 3.01. The summed E-state index contributed by atoms with van der Waals surface area (Å²) in [6.07, 6.45) is 8.27. The van der Waals surface area contributed by atoms with Gasteiger partial charge in [-0.2, -0.15) is 0 Å². The molecule has 3 heterocycles. The largest absolute Gasteiger partial charge is 0.351 e. The van der Waals surface area contributed by atoms with Crippen molar-refractivity contribution in [3.05, 3.63) is 23.2 Å². The number of hydrogen-bond acceptors (Lipinski definition) is 3. The van der Waals surface area contributed by atoms with Crippen LogP contribution >= 0.6 is 15.9 Å². The number of nitrogens with zero attached hydrogens (tertiary/aromatic N) is 4. The van der Waals surface area contributed by atoms with Gasteiger partial charge < -0.3 is 9.30 Å². The molecule has 0 saturated carbocycles. The molecule has 96 valence electrons. The summed E-state index contributed by atoms with van der Waals surface area (Å²) < 4.78 is 2.88. The van der Waals surface area contributed by atoms with Gasteiger partial charge in [-0.05, 0) is 41.6 Å². The topological polar surface area (TPSA) is 33.4 Å². The van der Waals surface area contributed by atoms with E-state index in [0.717, 1.165) is 22.6 Å². The van der Waals surface area contributed by atoms with Gasteiger partial charge in [-0.1, -0.05) is 6.92 Å². The summed E-state index contributed by atoms with van der Waals surface area (Å²) in [5.41, 5.74) is 0.944. The van der Waals surface area contributed by atoms with Gasteiger partial charge in [-0.3, -0.25) is 0 Å². The minimum atomic E-state index is 0.515. The van der Waals surface area contributed by atoms with E-state index >= 15 is 0 Å². The van der Waals surface area contributed by atoms with E-state index in [-0.39, 0.29) is 0 Å². The Morgan fingerprint density at radius 2 is 2.22 bits per heavy atom. The number of hydrogen-bond donors (Lipinski definition) is 0. The molecular weight excluding hydrogens is 292 g/mol. The average Bonchev–Trinajstić information content (AvgIpc) is 2.79. The SMILES string of the molecule is CC1CCCN(c2nc(Br)cn3ccnc23)C1C. The van der Waals surface area contributed by atoms with Crippen LogP contribution in [0, 0.1) is 5.92 Å². The molecule has 4 nitrogen and oxygen atoms in total. The molecule has 1 aliphatic rings. The zero-order chi connectivity index (χ0) is 12.7. The summed E-state index contributed by atoms with van der Waals surface area (Å²) in [7, 11) is 0. The first-order valence-electron chi connectivity index (χ1n) is 6.42. The van der Waals surface area contributed by atoms with Crippen LogP contribution < -0.4 is 4.90 Å². The minimum absolute atomic E-state index is 0.515. The van der Waals surface area contributed by atoms with Crippen LogP contribution in [0.25, 0.3) is 5.65 Å². The molecule has 2 atom stereocenters. The van der Waals surface area contributed by atoms with Crippen LogP contribution in [0.2, 0.25) is 0 Å². The molecule has 5 heteroatoms. The normalized spacial score (nSPS) is 24.7. The summed E-state index contributed by atoms with van der Waals surface area (Å²) in [5, 5.41) is 0. The first-order valence-corrected chi connectivity index (χ1v) is 7.22. The Balaban J connectivity index is 2.10. The summed E-state index contributed by atoms with van der Waals surface area (Å²) >= 11 is 3.48. The van der Waals surface area contributed by atoms with E-state index in [1.165, 1.54) is 12.8 Å². The smallest absolute Gasteiger partial charge is 0.180 e. The van der Waals surface area contributed by atoms with Gasteiger partial charge in [0.1, 0.15) is 4.60 Å². The molecule has 0 aliphatic carbocycles. The number of rotatable bonds is 1. The third-order valence-corrected chi connectivity index (χ3v) is 4.35. The van der Waals surface area contributed by atoms with Gasteiger partial charge in [0.2, 0.25) is 0 Å². The van der Waals surface area contributed by atoms with E-state index in [1.807, 2.05) is 23.0 Å². The van der Waals surface area contributed by atoms with Crippen molar-refractivity contribution in [3.8, 4) is 0 Å². The molecule has 1 aliphatic heterocycles. The third-order valence-electron chi connectivity index (χ3n) is 3.97. The second kappa shape index (κ2) is 4.53. The molecule has 3 rings (SSSR count). The van der Waals surface area contributed by atoms with Crippen molar-refractivity contribution in [1.29, 1.82) is 0 Å². The first-order chi connectivity index (χ1) is 8.66. The van der Waals surface area contributed by atoms with Crippen LogP contribution in [0.5, 0.6) is 0 Å². The highest BCUT2D eigenvalue weighted by Crippen LogP contribution is 2.30. The molecule has 0 spiro atoms. The van der Waals surface area contributed by atoms with Crippen molar-refractivity contribution in [2.75, 3.05) is 11.4 Å². The fourth-order valence-electron chi connectivity index (χ4n) is 2.71. The van der Waals surface area contributed by atoms with E-state index in [0.29, 0.717) is 12.0 Å². The number of anilines is 1. The Labute approximate surface area is 115 Å². The maximum absolute atomic E-state index is 4.64. The van der Waals surface area contributed by atoms with Crippen LogP contribution in [0.1, 0.15) is 26.7 Å². The fraction of sp³-hybridized carbons (Fsp3) is 0.538. The molecule has 0 aromatic carbocycles. The molecule has 1 fully saturated rings. The van der Waals surface area contributed by atoms with Crippen LogP contribution in [0.4, 0.5) is 5.82 Å². The van der Waals surface area contributed by atoms with Crippen molar-refractivity contribution in [3.63, 3.8) is 0 Å². The second-order valence-electron chi connectivity index (χ2n) is 5.10. The molecule has 0 bridgehead atoms. The highest BCUT2D eigenvalue weighted by atomic mass is 79.9. The predicted octanol–water partition coefficient (Wildman–Crippen LogP) is 3.12. The number of imidazole rings is 1.